The van der Waals surface area contributed by atoms with Crippen LogP contribution in [0.25, 0.3) is 0 Å². The number of hydrogen-bond donors (Lipinski definition) is 0. The third kappa shape index (κ3) is 2.12. The minimum Gasteiger partial charge on any atom is -0.0996 e. The van der Waals surface area contributed by atoms with Crippen molar-refractivity contribution < 1.29 is 0 Å². The van der Waals surface area contributed by atoms with Gasteiger partial charge in [0.25, 0.3) is 0 Å². The summed E-state index contributed by atoms with van der Waals surface area (Å²) < 4.78 is 0. The molecule has 1 saturated carbocycles. The molecule has 12 heavy (non-hydrogen) atoms. The number of hydrogen-bond acceptors (Lipinski definition) is 0. The van der Waals surface area contributed by atoms with Crippen molar-refractivity contribution in [1.82, 2.24) is 0 Å². The Morgan fingerprint density at radius 3 is 2.58 bits per heavy atom. The second-order valence-electron chi connectivity index (χ2n) is 4.51. The summed E-state index contributed by atoms with van der Waals surface area (Å²) in [7, 11) is 0. The summed E-state index contributed by atoms with van der Waals surface area (Å²) in [5.74, 6) is 2.63. The van der Waals surface area contributed by atoms with E-state index in [0.717, 1.165) is 17.8 Å². The molecule has 0 radical (unpaired) electrons. The summed E-state index contributed by atoms with van der Waals surface area (Å²) >= 11 is 0. The molecule has 1 fully saturated rings. The Labute approximate surface area is 77.1 Å². The maximum Gasteiger partial charge on any atom is -0.0178 e. The second kappa shape index (κ2) is 4.11. The van der Waals surface area contributed by atoms with Crippen molar-refractivity contribution in [1.29, 1.82) is 0 Å². The zero-order chi connectivity index (χ0) is 9.14. The van der Waals surface area contributed by atoms with Crippen LogP contribution in [0.1, 0.15) is 46.5 Å². The van der Waals surface area contributed by atoms with Crippen molar-refractivity contribution in [2.75, 3.05) is 0 Å². The lowest BCUT2D eigenvalue weighted by molar-refractivity contribution is 0.231. The molecule has 1 aliphatic carbocycles. The molecule has 0 spiro atoms. The van der Waals surface area contributed by atoms with Crippen LogP contribution in [-0.2, 0) is 0 Å². The summed E-state index contributed by atoms with van der Waals surface area (Å²) in [5.41, 5.74) is 1.48. The van der Waals surface area contributed by atoms with E-state index < -0.39 is 0 Å². The van der Waals surface area contributed by atoms with Gasteiger partial charge in [-0.15, -0.1) is 0 Å². The highest BCUT2D eigenvalue weighted by atomic mass is 14.3. The van der Waals surface area contributed by atoms with Gasteiger partial charge in [0.1, 0.15) is 0 Å². The molecule has 0 aromatic heterocycles. The van der Waals surface area contributed by atoms with Crippen molar-refractivity contribution in [3.63, 3.8) is 0 Å². The minimum absolute atomic E-state index is 0.818. The first kappa shape index (κ1) is 9.83. The molecule has 70 valence electrons. The van der Waals surface area contributed by atoms with E-state index in [-0.39, 0.29) is 0 Å². The SMILES string of the molecule is C=C(CC)C1CC(C)CCC1C. The summed E-state index contributed by atoms with van der Waals surface area (Å²) in [6, 6.07) is 0. The lowest BCUT2D eigenvalue weighted by atomic mass is 9.72. The van der Waals surface area contributed by atoms with Crippen LogP contribution in [0.15, 0.2) is 12.2 Å². The second-order valence-corrected chi connectivity index (χ2v) is 4.51. The molecule has 1 aliphatic rings. The minimum atomic E-state index is 0.818. The molecule has 0 bridgehead atoms. The molecule has 3 atom stereocenters. The van der Waals surface area contributed by atoms with E-state index in [4.69, 9.17) is 0 Å². The summed E-state index contributed by atoms with van der Waals surface area (Å²) in [4.78, 5) is 0. The maximum absolute atomic E-state index is 4.18. The maximum atomic E-state index is 4.18. The Hall–Kier alpha value is -0.260. The lowest BCUT2D eigenvalue weighted by Gasteiger charge is -2.33. The topological polar surface area (TPSA) is 0 Å². The van der Waals surface area contributed by atoms with Gasteiger partial charge in [0.15, 0.2) is 0 Å². The number of allylic oxidation sites excluding steroid dienone is 1. The highest BCUT2D eigenvalue weighted by Gasteiger charge is 2.26. The Morgan fingerprint density at radius 2 is 2.00 bits per heavy atom. The molecule has 0 saturated heterocycles. The van der Waals surface area contributed by atoms with Gasteiger partial charge in [-0.3, -0.25) is 0 Å². The molecule has 0 aromatic rings. The quantitative estimate of drug-likeness (QED) is 0.543. The molecule has 0 amide bonds. The van der Waals surface area contributed by atoms with Crippen molar-refractivity contribution in [3.05, 3.63) is 12.2 Å². The first-order chi connectivity index (χ1) is 5.65. The van der Waals surface area contributed by atoms with E-state index in [1.807, 2.05) is 0 Å². The Morgan fingerprint density at radius 1 is 1.33 bits per heavy atom. The van der Waals surface area contributed by atoms with Crippen LogP contribution < -0.4 is 0 Å². The molecular formula is C12H22. The van der Waals surface area contributed by atoms with Crippen molar-refractivity contribution in [2.45, 2.75) is 46.5 Å². The standard InChI is InChI=1S/C12H22/c1-5-10(3)12-8-9(2)6-7-11(12)4/h9,11-12H,3,5-8H2,1-2,4H3. The zero-order valence-electron chi connectivity index (χ0n) is 8.77. The summed E-state index contributed by atoms with van der Waals surface area (Å²) in [5, 5.41) is 0. The van der Waals surface area contributed by atoms with Crippen LogP contribution in [0.3, 0.4) is 0 Å². The summed E-state index contributed by atoms with van der Waals surface area (Å²) in [6.45, 7) is 11.2. The first-order valence-electron chi connectivity index (χ1n) is 5.32. The predicted octanol–water partition coefficient (Wildman–Crippen LogP) is 4.02. The van der Waals surface area contributed by atoms with Crippen LogP contribution in [0.2, 0.25) is 0 Å². The number of rotatable bonds is 2. The van der Waals surface area contributed by atoms with E-state index in [1.165, 1.54) is 31.3 Å². The van der Waals surface area contributed by atoms with Crippen LogP contribution in [-0.4, -0.2) is 0 Å². The molecule has 0 aromatic carbocycles. The van der Waals surface area contributed by atoms with Crippen LogP contribution in [0, 0.1) is 17.8 Å². The van der Waals surface area contributed by atoms with Crippen molar-refractivity contribution >= 4 is 0 Å². The monoisotopic (exact) mass is 166 g/mol. The van der Waals surface area contributed by atoms with Gasteiger partial charge in [0, 0.05) is 0 Å². The molecular weight excluding hydrogens is 144 g/mol. The van der Waals surface area contributed by atoms with Crippen LogP contribution >= 0.6 is 0 Å². The van der Waals surface area contributed by atoms with Crippen LogP contribution in [0.4, 0.5) is 0 Å². The van der Waals surface area contributed by atoms with Crippen LogP contribution in [0.5, 0.6) is 0 Å². The van der Waals surface area contributed by atoms with Gasteiger partial charge in [-0.05, 0) is 37.0 Å². The third-order valence-electron chi connectivity index (χ3n) is 3.44. The van der Waals surface area contributed by atoms with Gasteiger partial charge in [-0.1, -0.05) is 39.3 Å². The highest BCUT2D eigenvalue weighted by molar-refractivity contribution is 5.03. The van der Waals surface area contributed by atoms with Gasteiger partial charge in [0.05, 0.1) is 0 Å². The fourth-order valence-electron chi connectivity index (χ4n) is 2.36. The lowest BCUT2D eigenvalue weighted by Crippen LogP contribution is -2.22. The van der Waals surface area contributed by atoms with Gasteiger partial charge in [0.2, 0.25) is 0 Å². The molecule has 0 nitrogen and oxygen atoms in total. The smallest absolute Gasteiger partial charge is 0.0178 e. The fourth-order valence-corrected chi connectivity index (χ4v) is 2.36. The average molecular weight is 166 g/mol. The summed E-state index contributed by atoms with van der Waals surface area (Å²) in [6.07, 6.45) is 5.38. The van der Waals surface area contributed by atoms with Crippen molar-refractivity contribution in [3.8, 4) is 0 Å². The van der Waals surface area contributed by atoms with Gasteiger partial charge >= 0.3 is 0 Å². The van der Waals surface area contributed by atoms with E-state index in [2.05, 4.69) is 27.4 Å². The third-order valence-corrected chi connectivity index (χ3v) is 3.44. The zero-order valence-corrected chi connectivity index (χ0v) is 8.77. The average Bonchev–Trinajstić information content (AvgIpc) is 2.08. The first-order valence-corrected chi connectivity index (χ1v) is 5.32. The van der Waals surface area contributed by atoms with E-state index >= 15 is 0 Å². The fraction of sp³-hybridized carbons (Fsp3) is 0.833. The molecule has 3 unspecified atom stereocenters. The molecule has 0 heteroatoms. The van der Waals surface area contributed by atoms with Gasteiger partial charge < -0.3 is 0 Å². The van der Waals surface area contributed by atoms with Crippen molar-refractivity contribution in [2.24, 2.45) is 17.8 Å². The Bertz CT molecular complexity index is 157. The predicted molar refractivity (Wildman–Crippen MR) is 55.1 cm³/mol. The normalized spacial score (nSPS) is 36.4. The molecule has 0 N–H and O–H groups in total. The van der Waals surface area contributed by atoms with Gasteiger partial charge in [-0.2, -0.15) is 0 Å². The molecule has 1 rings (SSSR count). The highest BCUT2D eigenvalue weighted by Crippen LogP contribution is 2.37. The Balaban J connectivity index is 2.54. The molecule has 0 aliphatic heterocycles. The van der Waals surface area contributed by atoms with E-state index in [9.17, 15) is 0 Å². The van der Waals surface area contributed by atoms with E-state index in [1.54, 1.807) is 0 Å². The van der Waals surface area contributed by atoms with E-state index in [0.29, 0.717) is 0 Å². The van der Waals surface area contributed by atoms with Gasteiger partial charge in [-0.25, -0.2) is 0 Å². The largest absolute Gasteiger partial charge is 0.0996 e. The molecule has 0 heterocycles. The Kier molecular flexibility index (Phi) is 3.37.